The van der Waals surface area contributed by atoms with Gasteiger partial charge in [-0.25, -0.2) is 31.5 Å². The first-order valence-corrected chi connectivity index (χ1v) is 11.0. The van der Waals surface area contributed by atoms with Crippen LogP contribution in [0.15, 0.2) is 35.0 Å². The molecule has 0 amide bonds. The third kappa shape index (κ3) is 5.56. The third-order valence-corrected chi connectivity index (χ3v) is 5.72. The maximum atomic E-state index is 14.4. The van der Waals surface area contributed by atoms with Crippen LogP contribution in [0.2, 0.25) is 0 Å². The lowest BCUT2D eigenvalue weighted by molar-refractivity contribution is 0.116. The molecule has 172 valence electrons. The van der Waals surface area contributed by atoms with Crippen molar-refractivity contribution in [1.82, 2.24) is 24.5 Å². The monoisotopic (exact) mass is 474 g/mol. The Labute approximate surface area is 180 Å². The second-order valence-electron chi connectivity index (χ2n) is 6.62. The van der Waals surface area contributed by atoms with Crippen LogP contribution < -0.4 is 5.32 Å². The molecule has 14 heteroatoms. The highest BCUT2D eigenvalue weighted by molar-refractivity contribution is 7.88. The van der Waals surface area contributed by atoms with E-state index in [1.807, 2.05) is 0 Å². The minimum atomic E-state index is -3.61. The molecule has 0 fully saturated rings. The summed E-state index contributed by atoms with van der Waals surface area (Å²) in [6.07, 6.45) is 0.507. The van der Waals surface area contributed by atoms with Crippen LogP contribution in [0.1, 0.15) is 30.8 Å². The van der Waals surface area contributed by atoms with E-state index in [0.717, 1.165) is 16.6 Å². The van der Waals surface area contributed by atoms with Crippen molar-refractivity contribution < 1.29 is 30.4 Å². The number of aromatic nitrogens is 4. The second-order valence-corrected chi connectivity index (χ2v) is 8.60. The normalized spacial score (nSPS) is 13.0. The van der Waals surface area contributed by atoms with E-state index in [9.17, 15) is 26.0 Å². The summed E-state index contributed by atoms with van der Waals surface area (Å²) in [6, 6.07) is 1.95. The quantitative estimate of drug-likeness (QED) is 0.471. The molecular formula is C18H18F4N6O3S. The summed E-state index contributed by atoms with van der Waals surface area (Å²) in [5.41, 5.74) is 0.158. The van der Waals surface area contributed by atoms with E-state index in [2.05, 4.69) is 25.5 Å². The minimum absolute atomic E-state index is 0.000321. The molecule has 0 radical (unpaired) electrons. The molecule has 0 bridgehead atoms. The number of hydrogen-bond acceptors (Lipinski definition) is 8. The molecule has 1 N–H and O–H groups in total. The van der Waals surface area contributed by atoms with Gasteiger partial charge in [0.25, 0.3) is 11.8 Å². The van der Waals surface area contributed by atoms with E-state index in [4.69, 9.17) is 4.42 Å². The fourth-order valence-corrected chi connectivity index (χ4v) is 3.71. The standard InChI is InChI=1S/C18H18F4N6O3S/c1-3-28(32(2,29)30)9-14(12-5-4-11(19)6-13(12)20)25-18-23-7-10(8-24-18)16-26-27-17(31-16)15(21)22/h4-8,14-15H,3,9H2,1-2H3,(H,23,24,25). The van der Waals surface area contributed by atoms with Gasteiger partial charge in [0.05, 0.1) is 17.9 Å². The van der Waals surface area contributed by atoms with Crippen LogP contribution in [-0.4, -0.2) is 52.2 Å². The molecule has 9 nitrogen and oxygen atoms in total. The van der Waals surface area contributed by atoms with Gasteiger partial charge in [0.2, 0.25) is 16.0 Å². The van der Waals surface area contributed by atoms with Crippen molar-refractivity contribution in [2.75, 3.05) is 24.7 Å². The van der Waals surface area contributed by atoms with Gasteiger partial charge in [-0.2, -0.15) is 8.78 Å². The zero-order chi connectivity index (χ0) is 23.5. The molecule has 1 unspecified atom stereocenters. The van der Waals surface area contributed by atoms with Crippen molar-refractivity contribution in [2.45, 2.75) is 19.4 Å². The summed E-state index contributed by atoms with van der Waals surface area (Å²) in [5.74, 6) is -2.77. The van der Waals surface area contributed by atoms with E-state index in [1.165, 1.54) is 18.5 Å². The lowest BCUT2D eigenvalue weighted by atomic mass is 10.1. The summed E-state index contributed by atoms with van der Waals surface area (Å²) >= 11 is 0. The van der Waals surface area contributed by atoms with Gasteiger partial charge in [-0.15, -0.1) is 10.2 Å². The lowest BCUT2D eigenvalue weighted by Gasteiger charge is -2.26. The number of nitrogens with zero attached hydrogens (tertiary/aromatic N) is 5. The average molecular weight is 474 g/mol. The average Bonchev–Trinajstić information content (AvgIpc) is 3.21. The number of rotatable bonds is 9. The van der Waals surface area contributed by atoms with Crippen LogP contribution in [0, 0.1) is 11.6 Å². The Morgan fingerprint density at radius 2 is 1.84 bits per heavy atom. The summed E-state index contributed by atoms with van der Waals surface area (Å²) in [5, 5.41) is 9.52. The van der Waals surface area contributed by atoms with Gasteiger partial charge in [0.15, 0.2) is 0 Å². The van der Waals surface area contributed by atoms with E-state index in [0.29, 0.717) is 6.07 Å². The number of alkyl halides is 2. The number of benzene rings is 1. The van der Waals surface area contributed by atoms with Gasteiger partial charge in [0.1, 0.15) is 11.6 Å². The minimum Gasteiger partial charge on any atom is -0.415 e. The summed E-state index contributed by atoms with van der Waals surface area (Å²) in [4.78, 5) is 8.03. The molecule has 0 saturated carbocycles. The molecule has 1 aromatic carbocycles. The molecular weight excluding hydrogens is 456 g/mol. The van der Waals surface area contributed by atoms with Gasteiger partial charge >= 0.3 is 6.43 Å². The molecule has 1 atom stereocenters. The topological polar surface area (TPSA) is 114 Å². The molecule has 0 saturated heterocycles. The van der Waals surface area contributed by atoms with Crippen molar-refractivity contribution in [3.8, 4) is 11.5 Å². The smallest absolute Gasteiger partial charge is 0.314 e. The van der Waals surface area contributed by atoms with E-state index in [-0.39, 0.29) is 36.1 Å². The lowest BCUT2D eigenvalue weighted by Crippen LogP contribution is -2.36. The highest BCUT2D eigenvalue weighted by Crippen LogP contribution is 2.25. The van der Waals surface area contributed by atoms with Crippen molar-refractivity contribution in [2.24, 2.45) is 0 Å². The van der Waals surface area contributed by atoms with Gasteiger partial charge in [0, 0.05) is 37.1 Å². The third-order valence-electron chi connectivity index (χ3n) is 4.38. The Balaban J connectivity index is 1.88. The van der Waals surface area contributed by atoms with Crippen LogP contribution in [0.4, 0.5) is 23.5 Å². The van der Waals surface area contributed by atoms with Crippen LogP contribution in [0.5, 0.6) is 0 Å². The van der Waals surface area contributed by atoms with Crippen molar-refractivity contribution >= 4 is 16.0 Å². The SMILES string of the molecule is CCN(CC(Nc1ncc(-c2nnc(C(F)F)o2)cn1)c1ccc(F)cc1F)S(C)(=O)=O. The Bertz CT molecular complexity index is 1170. The maximum absolute atomic E-state index is 14.4. The number of likely N-dealkylation sites (N-methyl/N-ethyl adjacent to an activating group) is 1. The molecule has 0 aliphatic rings. The van der Waals surface area contributed by atoms with Crippen LogP contribution in [0.3, 0.4) is 0 Å². The summed E-state index contributed by atoms with van der Waals surface area (Å²) in [6.45, 7) is 1.54. The van der Waals surface area contributed by atoms with Gasteiger partial charge in [-0.05, 0) is 6.07 Å². The summed E-state index contributed by atoms with van der Waals surface area (Å²) in [7, 11) is -3.61. The highest BCUT2D eigenvalue weighted by atomic mass is 32.2. The Morgan fingerprint density at radius 1 is 1.16 bits per heavy atom. The van der Waals surface area contributed by atoms with Crippen LogP contribution in [0.25, 0.3) is 11.5 Å². The molecule has 3 aromatic rings. The number of hydrogen-bond donors (Lipinski definition) is 1. The van der Waals surface area contributed by atoms with Crippen molar-refractivity contribution in [3.05, 3.63) is 53.7 Å². The van der Waals surface area contributed by atoms with Crippen molar-refractivity contribution in [1.29, 1.82) is 0 Å². The van der Waals surface area contributed by atoms with Crippen molar-refractivity contribution in [3.63, 3.8) is 0 Å². The molecule has 0 spiro atoms. The molecule has 0 aliphatic heterocycles. The highest BCUT2D eigenvalue weighted by Gasteiger charge is 2.25. The predicted octanol–water partition coefficient (Wildman–Crippen LogP) is 3.18. The number of sulfonamides is 1. The largest absolute Gasteiger partial charge is 0.415 e. The first kappa shape index (κ1) is 23.5. The Kier molecular flexibility index (Phi) is 7.03. The number of halogens is 4. The Hall–Kier alpha value is -3.13. The second kappa shape index (κ2) is 9.56. The molecule has 2 heterocycles. The van der Waals surface area contributed by atoms with Gasteiger partial charge < -0.3 is 9.73 Å². The van der Waals surface area contributed by atoms with Gasteiger partial charge in [-0.1, -0.05) is 13.0 Å². The fourth-order valence-electron chi connectivity index (χ4n) is 2.82. The van der Waals surface area contributed by atoms with Crippen LogP contribution >= 0.6 is 0 Å². The molecule has 32 heavy (non-hydrogen) atoms. The zero-order valence-electron chi connectivity index (χ0n) is 16.8. The molecule has 3 rings (SSSR count). The van der Waals surface area contributed by atoms with E-state index in [1.54, 1.807) is 6.92 Å². The van der Waals surface area contributed by atoms with E-state index >= 15 is 0 Å². The first-order valence-electron chi connectivity index (χ1n) is 9.19. The molecule has 0 aliphatic carbocycles. The van der Waals surface area contributed by atoms with Crippen LogP contribution in [-0.2, 0) is 10.0 Å². The number of nitrogens with one attached hydrogen (secondary N) is 1. The van der Waals surface area contributed by atoms with Gasteiger partial charge in [-0.3, -0.25) is 0 Å². The van der Waals surface area contributed by atoms with E-state index < -0.39 is 40.0 Å². The zero-order valence-corrected chi connectivity index (χ0v) is 17.7. The molecule has 2 aromatic heterocycles. The fraction of sp³-hybridized carbons (Fsp3) is 0.333. The summed E-state index contributed by atoms with van der Waals surface area (Å²) < 4.78 is 82.9. The predicted molar refractivity (Wildman–Crippen MR) is 105 cm³/mol. The number of anilines is 1. The maximum Gasteiger partial charge on any atom is 0.314 e. The Morgan fingerprint density at radius 3 is 2.38 bits per heavy atom. The first-order chi connectivity index (χ1) is 15.1.